The Balaban J connectivity index is 1.71. The highest BCUT2D eigenvalue weighted by atomic mass is 14.8. The maximum absolute atomic E-state index is 4.86. The van der Waals surface area contributed by atoms with Gasteiger partial charge in [-0.05, 0) is 41.6 Å². The predicted octanol–water partition coefficient (Wildman–Crippen LogP) is 4.18. The number of benzene rings is 1. The Labute approximate surface area is 110 Å². The smallest absolute Gasteiger partial charge is 0.0531 e. The van der Waals surface area contributed by atoms with Gasteiger partial charge in [-0.15, -0.1) is 0 Å². The Bertz CT molecular complexity index is 446. The predicted molar refractivity (Wildman–Crippen MR) is 77.0 cm³/mol. The normalized spacial score (nSPS) is 37.5. The average Bonchev–Trinajstić information content (AvgIpc) is 2.38. The Hall–Kier alpha value is -1.11. The first-order valence-electron chi connectivity index (χ1n) is 7.17. The van der Waals surface area contributed by atoms with Gasteiger partial charge in [0, 0.05) is 6.21 Å². The van der Waals surface area contributed by atoms with Gasteiger partial charge in [-0.2, -0.15) is 0 Å². The van der Waals surface area contributed by atoms with Crippen LogP contribution in [-0.4, -0.2) is 12.3 Å². The van der Waals surface area contributed by atoms with E-state index in [-0.39, 0.29) is 0 Å². The molecule has 3 fully saturated rings. The molecule has 1 heteroatoms. The van der Waals surface area contributed by atoms with E-state index >= 15 is 0 Å². The van der Waals surface area contributed by atoms with Gasteiger partial charge in [0.2, 0.25) is 0 Å². The van der Waals surface area contributed by atoms with Gasteiger partial charge in [0.1, 0.15) is 0 Å². The van der Waals surface area contributed by atoms with Gasteiger partial charge in [0.15, 0.2) is 0 Å². The van der Waals surface area contributed by atoms with Crippen LogP contribution in [0, 0.1) is 23.2 Å². The largest absolute Gasteiger partial charge is 0.289 e. The fourth-order valence-corrected chi connectivity index (χ4v) is 4.04. The molecule has 1 aromatic carbocycles. The molecule has 0 N–H and O–H groups in total. The first kappa shape index (κ1) is 12.0. The molecular formula is C17H23N. The zero-order chi connectivity index (χ0) is 12.8. The number of nitrogens with zero attached hydrogens (tertiary/aromatic N) is 1. The van der Waals surface area contributed by atoms with Crippen molar-refractivity contribution in [3.05, 3.63) is 35.9 Å². The van der Waals surface area contributed by atoms with E-state index in [1.54, 1.807) is 0 Å². The van der Waals surface area contributed by atoms with Crippen LogP contribution in [0.1, 0.15) is 39.2 Å². The maximum Gasteiger partial charge on any atom is 0.0531 e. The van der Waals surface area contributed by atoms with Gasteiger partial charge in [-0.1, -0.05) is 51.1 Å². The highest BCUT2D eigenvalue weighted by molar-refractivity contribution is 5.79. The van der Waals surface area contributed by atoms with Crippen LogP contribution in [0.25, 0.3) is 0 Å². The fraction of sp³-hybridized carbons (Fsp3) is 0.588. The standard InChI is InChI=1S/C17H23N/c1-12-15-9-14(17(15,2)3)10-16(12)18-11-13-7-5-4-6-8-13/h4-8,11-12,14-16H,9-10H2,1-3H3/t12-,14+,15-,16-/m0/s1. The summed E-state index contributed by atoms with van der Waals surface area (Å²) < 4.78 is 0. The Morgan fingerprint density at radius 1 is 1.17 bits per heavy atom. The molecule has 0 spiro atoms. The van der Waals surface area contributed by atoms with E-state index in [9.17, 15) is 0 Å². The molecule has 1 aromatic rings. The highest BCUT2D eigenvalue weighted by Gasteiger charge is 2.56. The molecule has 1 nitrogen and oxygen atoms in total. The van der Waals surface area contributed by atoms with Gasteiger partial charge < -0.3 is 0 Å². The van der Waals surface area contributed by atoms with E-state index in [0.717, 1.165) is 17.8 Å². The fourth-order valence-electron chi connectivity index (χ4n) is 4.04. The molecule has 18 heavy (non-hydrogen) atoms. The maximum atomic E-state index is 4.86. The van der Waals surface area contributed by atoms with Crippen LogP contribution in [0.4, 0.5) is 0 Å². The third-order valence-corrected chi connectivity index (χ3v) is 5.53. The van der Waals surface area contributed by atoms with Crippen LogP contribution < -0.4 is 0 Å². The quantitative estimate of drug-likeness (QED) is 0.689. The van der Waals surface area contributed by atoms with E-state index in [0.29, 0.717) is 11.5 Å². The lowest BCUT2D eigenvalue weighted by atomic mass is 9.45. The van der Waals surface area contributed by atoms with E-state index in [4.69, 9.17) is 4.99 Å². The third-order valence-electron chi connectivity index (χ3n) is 5.53. The Morgan fingerprint density at radius 2 is 1.89 bits per heavy atom. The number of rotatable bonds is 2. The number of hydrogen-bond donors (Lipinski definition) is 0. The molecule has 2 bridgehead atoms. The van der Waals surface area contributed by atoms with Gasteiger partial charge >= 0.3 is 0 Å². The summed E-state index contributed by atoms with van der Waals surface area (Å²) in [6, 6.07) is 11.0. The van der Waals surface area contributed by atoms with Crippen molar-refractivity contribution in [2.45, 2.75) is 39.7 Å². The minimum absolute atomic E-state index is 0.544. The summed E-state index contributed by atoms with van der Waals surface area (Å²) in [6.07, 6.45) is 4.79. The van der Waals surface area contributed by atoms with Crippen LogP contribution in [0.5, 0.6) is 0 Å². The molecule has 4 atom stereocenters. The molecule has 0 unspecified atom stereocenters. The SMILES string of the molecule is C[C@@H]1[C@@H](N=Cc2ccccc2)C[C@H]2C[C@@H]1C2(C)C. The molecule has 96 valence electrons. The molecular weight excluding hydrogens is 218 g/mol. The topological polar surface area (TPSA) is 12.4 Å². The average molecular weight is 241 g/mol. The van der Waals surface area contributed by atoms with Crippen molar-refractivity contribution < 1.29 is 0 Å². The number of fused-ring (bicyclic) bond motifs is 2. The molecule has 4 rings (SSSR count). The summed E-state index contributed by atoms with van der Waals surface area (Å²) in [7, 11) is 0. The van der Waals surface area contributed by atoms with Gasteiger partial charge in [-0.25, -0.2) is 0 Å². The van der Waals surface area contributed by atoms with Crippen LogP contribution >= 0.6 is 0 Å². The molecule has 0 heterocycles. The van der Waals surface area contributed by atoms with Crippen molar-refractivity contribution >= 4 is 6.21 Å². The van der Waals surface area contributed by atoms with E-state index < -0.39 is 0 Å². The van der Waals surface area contributed by atoms with Crippen molar-refractivity contribution in [1.29, 1.82) is 0 Å². The second-order valence-corrected chi connectivity index (χ2v) is 6.71. The van der Waals surface area contributed by atoms with Gasteiger partial charge in [0.05, 0.1) is 6.04 Å². The van der Waals surface area contributed by atoms with Crippen molar-refractivity contribution in [1.82, 2.24) is 0 Å². The number of aliphatic imine (C=N–C) groups is 1. The Morgan fingerprint density at radius 3 is 2.50 bits per heavy atom. The first-order valence-corrected chi connectivity index (χ1v) is 7.17. The lowest BCUT2D eigenvalue weighted by molar-refractivity contribution is -0.108. The highest BCUT2D eigenvalue weighted by Crippen LogP contribution is 2.61. The van der Waals surface area contributed by atoms with Gasteiger partial charge in [0.25, 0.3) is 0 Å². The third kappa shape index (κ3) is 1.81. The zero-order valence-corrected chi connectivity index (χ0v) is 11.6. The summed E-state index contributed by atoms with van der Waals surface area (Å²) in [6.45, 7) is 7.29. The van der Waals surface area contributed by atoms with Gasteiger partial charge in [-0.3, -0.25) is 4.99 Å². The molecule has 3 aliphatic carbocycles. The Kier molecular flexibility index (Phi) is 2.80. The molecule has 0 radical (unpaired) electrons. The van der Waals surface area contributed by atoms with Crippen molar-refractivity contribution in [3.8, 4) is 0 Å². The monoisotopic (exact) mass is 241 g/mol. The van der Waals surface area contributed by atoms with Crippen LogP contribution in [0.15, 0.2) is 35.3 Å². The van der Waals surface area contributed by atoms with Crippen molar-refractivity contribution in [2.75, 3.05) is 0 Å². The lowest BCUT2D eigenvalue weighted by Gasteiger charge is -2.61. The lowest BCUT2D eigenvalue weighted by Crippen LogP contribution is -2.56. The molecule has 0 aliphatic heterocycles. The summed E-state index contributed by atoms with van der Waals surface area (Å²) in [4.78, 5) is 4.86. The van der Waals surface area contributed by atoms with E-state index in [2.05, 4.69) is 57.3 Å². The second kappa shape index (κ2) is 4.22. The summed E-state index contributed by atoms with van der Waals surface area (Å²) in [5.41, 5.74) is 1.79. The second-order valence-electron chi connectivity index (χ2n) is 6.71. The zero-order valence-electron chi connectivity index (χ0n) is 11.6. The number of hydrogen-bond acceptors (Lipinski definition) is 1. The summed E-state index contributed by atoms with van der Waals surface area (Å²) in [5, 5.41) is 0. The van der Waals surface area contributed by atoms with Crippen molar-refractivity contribution in [3.63, 3.8) is 0 Å². The minimum Gasteiger partial charge on any atom is -0.289 e. The van der Waals surface area contributed by atoms with Crippen LogP contribution in [0.2, 0.25) is 0 Å². The van der Waals surface area contributed by atoms with Crippen LogP contribution in [-0.2, 0) is 0 Å². The van der Waals surface area contributed by atoms with Crippen LogP contribution in [0.3, 0.4) is 0 Å². The molecule has 0 aromatic heterocycles. The molecule has 0 saturated heterocycles. The molecule has 0 amide bonds. The van der Waals surface area contributed by atoms with E-state index in [1.165, 1.54) is 18.4 Å². The molecule has 3 aliphatic rings. The van der Waals surface area contributed by atoms with Crippen molar-refractivity contribution in [2.24, 2.45) is 28.2 Å². The minimum atomic E-state index is 0.544. The first-order chi connectivity index (χ1) is 8.59. The summed E-state index contributed by atoms with van der Waals surface area (Å²) in [5.74, 6) is 2.52. The molecule has 3 saturated carbocycles. The summed E-state index contributed by atoms with van der Waals surface area (Å²) >= 11 is 0. The van der Waals surface area contributed by atoms with E-state index in [1.807, 2.05) is 0 Å².